The van der Waals surface area contributed by atoms with Crippen molar-refractivity contribution in [3.8, 4) is 22.9 Å². The van der Waals surface area contributed by atoms with E-state index in [0.29, 0.717) is 18.7 Å². The van der Waals surface area contributed by atoms with Gasteiger partial charge in [0.25, 0.3) is 0 Å². The highest BCUT2D eigenvalue weighted by Gasteiger charge is 2.27. The zero-order chi connectivity index (χ0) is 31.5. The Hall–Kier alpha value is -4.45. The van der Waals surface area contributed by atoms with Gasteiger partial charge in [-0.3, -0.25) is 5.10 Å². The molecule has 0 spiro atoms. The second-order valence-corrected chi connectivity index (χ2v) is 13.3. The number of ether oxygens (including phenoxy) is 2. The molecule has 3 aromatic heterocycles. The average molecular weight is 620 g/mol. The molecule has 2 aliphatic rings. The number of hydrogen-bond acceptors (Lipinski definition) is 8. The first-order valence-electron chi connectivity index (χ1n) is 16.2. The van der Waals surface area contributed by atoms with Crippen molar-refractivity contribution in [1.82, 2.24) is 35.0 Å². The molecule has 0 saturated carbocycles. The van der Waals surface area contributed by atoms with E-state index in [0.717, 1.165) is 82.1 Å². The first kappa shape index (κ1) is 29.0. The minimum Gasteiger partial charge on any atom is -0.375 e. The first-order chi connectivity index (χ1) is 22.3. The molecule has 238 valence electrons. The highest BCUT2D eigenvalue weighted by molar-refractivity contribution is 5.96. The molecule has 11 nitrogen and oxygen atoms in total. The Morgan fingerprint density at radius 1 is 0.761 bits per heavy atom. The number of morpholine rings is 2. The van der Waals surface area contributed by atoms with Gasteiger partial charge in [0.1, 0.15) is 11.5 Å². The number of nitrogens with one attached hydrogen (secondary N) is 3. The zero-order valence-corrected chi connectivity index (χ0v) is 27.0. The van der Waals surface area contributed by atoms with Gasteiger partial charge in [-0.2, -0.15) is 5.10 Å². The zero-order valence-electron chi connectivity index (χ0n) is 27.0. The van der Waals surface area contributed by atoms with Crippen LogP contribution in [0.25, 0.3) is 55.9 Å². The fourth-order valence-electron chi connectivity index (χ4n) is 6.90. The van der Waals surface area contributed by atoms with Crippen LogP contribution in [0.1, 0.15) is 20.8 Å². The van der Waals surface area contributed by atoms with E-state index in [2.05, 4.69) is 124 Å². The van der Waals surface area contributed by atoms with Crippen LogP contribution in [0.5, 0.6) is 0 Å². The molecule has 4 unspecified atom stereocenters. The maximum absolute atomic E-state index is 6.10. The molecule has 4 atom stereocenters. The van der Waals surface area contributed by atoms with Gasteiger partial charge in [-0.25, -0.2) is 9.97 Å². The Bertz CT molecular complexity index is 2030. The predicted molar refractivity (Wildman–Crippen MR) is 184 cm³/mol. The van der Waals surface area contributed by atoms with Crippen LogP contribution in [-0.2, 0) is 9.47 Å². The summed E-state index contributed by atoms with van der Waals surface area (Å²) in [4.78, 5) is 24.0. The van der Waals surface area contributed by atoms with Crippen molar-refractivity contribution in [2.24, 2.45) is 0 Å². The summed E-state index contributed by atoms with van der Waals surface area (Å²) in [5, 5.41) is 8.86. The van der Waals surface area contributed by atoms with Crippen LogP contribution in [0, 0.1) is 0 Å². The SMILES string of the molecule is CC1CN(c2ccc3nc(-c4ccc5[nH]nc(-c6nc7ccc(N8CC(CN(C)C)OCC8C)cc7[nH]6)c5c4)[nH]c3c2)C(C)CO1. The molecule has 0 bridgehead atoms. The van der Waals surface area contributed by atoms with E-state index < -0.39 is 0 Å². The minimum atomic E-state index is 0.176. The number of benzene rings is 3. The first-order valence-corrected chi connectivity index (χ1v) is 16.2. The number of aromatic nitrogens is 6. The van der Waals surface area contributed by atoms with E-state index in [1.807, 2.05) is 0 Å². The highest BCUT2D eigenvalue weighted by Crippen LogP contribution is 2.33. The molecule has 0 amide bonds. The van der Waals surface area contributed by atoms with E-state index in [4.69, 9.17) is 19.4 Å². The van der Waals surface area contributed by atoms with Crippen LogP contribution in [-0.4, -0.2) is 106 Å². The molecule has 2 saturated heterocycles. The number of aromatic amines is 3. The third-order valence-corrected chi connectivity index (χ3v) is 9.34. The molecule has 3 aromatic carbocycles. The van der Waals surface area contributed by atoms with E-state index in [9.17, 15) is 0 Å². The lowest BCUT2D eigenvalue weighted by molar-refractivity contribution is 0.00880. The summed E-state index contributed by atoms with van der Waals surface area (Å²) in [5.74, 6) is 1.56. The quantitative estimate of drug-likeness (QED) is 0.227. The smallest absolute Gasteiger partial charge is 0.159 e. The fraction of sp³-hybridized carbons (Fsp3) is 0.400. The molecule has 46 heavy (non-hydrogen) atoms. The maximum atomic E-state index is 6.10. The summed E-state index contributed by atoms with van der Waals surface area (Å²) < 4.78 is 11.9. The second kappa shape index (κ2) is 11.4. The average Bonchev–Trinajstić information content (AvgIpc) is 3.78. The summed E-state index contributed by atoms with van der Waals surface area (Å²) >= 11 is 0. The van der Waals surface area contributed by atoms with Crippen molar-refractivity contribution in [1.29, 1.82) is 0 Å². The normalized spacial score (nSPS) is 22.6. The van der Waals surface area contributed by atoms with Crippen molar-refractivity contribution in [3.63, 3.8) is 0 Å². The molecular formula is C35H41N9O2. The van der Waals surface area contributed by atoms with Crippen molar-refractivity contribution in [2.75, 3.05) is 56.7 Å². The molecule has 3 N–H and O–H groups in total. The number of fused-ring (bicyclic) bond motifs is 3. The lowest BCUT2D eigenvalue weighted by Gasteiger charge is -2.40. The van der Waals surface area contributed by atoms with Gasteiger partial charge in [-0.15, -0.1) is 0 Å². The Morgan fingerprint density at radius 2 is 1.41 bits per heavy atom. The highest BCUT2D eigenvalue weighted by atomic mass is 16.5. The van der Waals surface area contributed by atoms with Gasteiger partial charge in [0, 0.05) is 54.0 Å². The van der Waals surface area contributed by atoms with Crippen molar-refractivity contribution in [3.05, 3.63) is 54.6 Å². The molecule has 0 radical (unpaired) electrons. The lowest BCUT2D eigenvalue weighted by Crippen LogP contribution is -2.51. The van der Waals surface area contributed by atoms with Crippen molar-refractivity contribution >= 4 is 44.3 Å². The van der Waals surface area contributed by atoms with Crippen LogP contribution >= 0.6 is 0 Å². The number of imidazole rings is 2. The van der Waals surface area contributed by atoms with Gasteiger partial charge in [0.05, 0.1) is 53.0 Å². The Balaban J connectivity index is 1.09. The summed E-state index contributed by atoms with van der Waals surface area (Å²) in [6.07, 6.45) is 0.387. The number of hydrogen-bond donors (Lipinski definition) is 3. The summed E-state index contributed by atoms with van der Waals surface area (Å²) in [6, 6.07) is 19.8. The Morgan fingerprint density at radius 3 is 2.13 bits per heavy atom. The minimum absolute atomic E-state index is 0.176. The number of rotatable bonds is 6. The summed E-state index contributed by atoms with van der Waals surface area (Å²) in [7, 11) is 4.18. The van der Waals surface area contributed by atoms with E-state index >= 15 is 0 Å². The standard InChI is InChI=1S/C35H41N9O2/c1-20-18-45-22(3)15-43(20)24-7-10-29-31(13-24)38-34(36-29)23-6-9-28-27(12-23)33(41-40-28)35-37-30-11-8-25(14-32(30)39-35)44-17-26(16-42(4)5)46-19-21(44)2/h6-14,20-22,26H,15-19H2,1-5H3,(H,36,38)(H,37,39)(H,40,41). The third kappa shape index (κ3) is 5.28. The third-order valence-electron chi connectivity index (χ3n) is 9.34. The molecule has 2 aliphatic heterocycles. The van der Waals surface area contributed by atoms with Crippen LogP contribution < -0.4 is 9.80 Å². The topological polar surface area (TPSA) is 114 Å². The Labute approximate surface area is 267 Å². The number of likely N-dealkylation sites (N-methyl/N-ethyl adjacent to an activating group) is 1. The maximum Gasteiger partial charge on any atom is 0.159 e. The van der Waals surface area contributed by atoms with Gasteiger partial charge in [-0.05, 0) is 89.5 Å². The van der Waals surface area contributed by atoms with Gasteiger partial charge in [0.2, 0.25) is 0 Å². The number of anilines is 2. The van der Waals surface area contributed by atoms with Crippen LogP contribution in [0.15, 0.2) is 54.6 Å². The Kier molecular flexibility index (Phi) is 7.19. The van der Waals surface area contributed by atoms with Crippen LogP contribution in [0.4, 0.5) is 11.4 Å². The number of H-pyrrole nitrogens is 3. The van der Waals surface area contributed by atoms with Gasteiger partial charge in [0.15, 0.2) is 5.82 Å². The lowest BCUT2D eigenvalue weighted by atomic mass is 10.1. The van der Waals surface area contributed by atoms with Gasteiger partial charge in [-0.1, -0.05) is 0 Å². The largest absolute Gasteiger partial charge is 0.375 e. The van der Waals surface area contributed by atoms with Crippen molar-refractivity contribution in [2.45, 2.75) is 45.1 Å². The molecule has 5 heterocycles. The van der Waals surface area contributed by atoms with Crippen LogP contribution in [0.3, 0.4) is 0 Å². The molecule has 11 heteroatoms. The van der Waals surface area contributed by atoms with Crippen molar-refractivity contribution < 1.29 is 9.47 Å². The monoisotopic (exact) mass is 619 g/mol. The summed E-state index contributed by atoms with van der Waals surface area (Å²) in [5.41, 5.74) is 8.93. The van der Waals surface area contributed by atoms with E-state index in [1.54, 1.807) is 0 Å². The number of nitrogens with zero attached hydrogens (tertiary/aromatic N) is 6. The van der Waals surface area contributed by atoms with Gasteiger partial charge < -0.3 is 34.1 Å². The van der Waals surface area contributed by atoms with Gasteiger partial charge >= 0.3 is 0 Å². The predicted octanol–water partition coefficient (Wildman–Crippen LogP) is 5.42. The molecule has 0 aliphatic carbocycles. The molecular weight excluding hydrogens is 578 g/mol. The molecule has 8 rings (SSSR count). The second-order valence-electron chi connectivity index (χ2n) is 13.3. The molecule has 2 fully saturated rings. The van der Waals surface area contributed by atoms with E-state index in [1.165, 1.54) is 11.4 Å². The molecule has 6 aromatic rings. The van der Waals surface area contributed by atoms with Crippen LogP contribution in [0.2, 0.25) is 0 Å². The van der Waals surface area contributed by atoms with E-state index in [-0.39, 0.29) is 12.2 Å². The fourth-order valence-corrected chi connectivity index (χ4v) is 6.90. The summed E-state index contributed by atoms with van der Waals surface area (Å²) in [6.45, 7) is 10.6.